The van der Waals surface area contributed by atoms with Gasteiger partial charge in [-0.15, -0.1) is 0 Å². The molecular formula is C20H25NO4S. The van der Waals surface area contributed by atoms with Crippen molar-refractivity contribution in [3.8, 4) is 11.5 Å². The molecule has 1 aliphatic rings. The largest absolute Gasteiger partial charge is 0.493 e. The second-order valence-corrected chi connectivity index (χ2v) is 8.72. The lowest BCUT2D eigenvalue weighted by molar-refractivity contribution is 0.305. The summed E-state index contributed by atoms with van der Waals surface area (Å²) < 4.78 is 38.8. The van der Waals surface area contributed by atoms with Gasteiger partial charge in [-0.25, -0.2) is 8.42 Å². The molecule has 1 heterocycles. The number of methoxy groups -OCH3 is 2. The van der Waals surface area contributed by atoms with Gasteiger partial charge in [0.1, 0.15) is 0 Å². The maximum Gasteiger partial charge on any atom is 0.243 e. The van der Waals surface area contributed by atoms with Crippen LogP contribution in [0.4, 0.5) is 0 Å². The summed E-state index contributed by atoms with van der Waals surface area (Å²) in [6, 6.07) is 9.00. The van der Waals surface area contributed by atoms with Crippen LogP contribution in [0.2, 0.25) is 0 Å². The lowest BCUT2D eigenvalue weighted by Gasteiger charge is -2.34. The first kappa shape index (κ1) is 18.7. The monoisotopic (exact) mass is 375 g/mol. The average Bonchev–Trinajstić information content (AvgIpc) is 2.62. The minimum Gasteiger partial charge on any atom is -0.493 e. The summed E-state index contributed by atoms with van der Waals surface area (Å²) >= 11 is 0. The van der Waals surface area contributed by atoms with Crippen LogP contribution in [0.5, 0.6) is 11.5 Å². The zero-order valence-electron chi connectivity index (χ0n) is 15.9. The molecule has 0 amide bonds. The summed E-state index contributed by atoms with van der Waals surface area (Å²) in [6.45, 7) is 6.18. The number of hydrogen-bond donors (Lipinski definition) is 0. The van der Waals surface area contributed by atoms with Crippen molar-refractivity contribution in [2.24, 2.45) is 0 Å². The van der Waals surface area contributed by atoms with E-state index in [0.717, 1.165) is 22.3 Å². The molecule has 140 valence electrons. The second-order valence-electron chi connectivity index (χ2n) is 6.83. The molecule has 0 saturated carbocycles. The van der Waals surface area contributed by atoms with Crippen molar-refractivity contribution >= 4 is 10.0 Å². The van der Waals surface area contributed by atoms with Gasteiger partial charge in [-0.2, -0.15) is 4.31 Å². The fraction of sp³-hybridized carbons (Fsp3) is 0.400. The highest BCUT2D eigenvalue weighted by Gasteiger charge is 2.34. The topological polar surface area (TPSA) is 55.8 Å². The number of ether oxygens (including phenoxy) is 2. The first-order chi connectivity index (χ1) is 12.3. The summed E-state index contributed by atoms with van der Waals surface area (Å²) in [5, 5.41) is 0. The van der Waals surface area contributed by atoms with Crippen molar-refractivity contribution in [2.45, 2.75) is 44.7 Å². The van der Waals surface area contributed by atoms with E-state index < -0.39 is 10.0 Å². The molecule has 1 atom stereocenters. The Balaban J connectivity index is 2.01. The maximum atomic E-state index is 13.2. The van der Waals surface area contributed by atoms with Crippen LogP contribution in [0.15, 0.2) is 35.2 Å². The number of sulfonamides is 1. The summed E-state index contributed by atoms with van der Waals surface area (Å²) in [5.41, 5.74) is 4.11. The molecule has 2 aromatic rings. The molecular weight excluding hydrogens is 350 g/mol. The molecule has 0 saturated heterocycles. The fourth-order valence-electron chi connectivity index (χ4n) is 3.38. The summed E-state index contributed by atoms with van der Waals surface area (Å²) in [6.07, 6.45) is 0.639. The van der Waals surface area contributed by atoms with Crippen LogP contribution in [0.1, 0.15) is 29.2 Å². The van der Waals surface area contributed by atoms with E-state index in [0.29, 0.717) is 29.4 Å². The van der Waals surface area contributed by atoms with Crippen molar-refractivity contribution in [1.82, 2.24) is 4.31 Å². The van der Waals surface area contributed by atoms with E-state index in [-0.39, 0.29) is 6.04 Å². The van der Waals surface area contributed by atoms with E-state index >= 15 is 0 Å². The van der Waals surface area contributed by atoms with E-state index in [9.17, 15) is 8.42 Å². The van der Waals surface area contributed by atoms with Crippen molar-refractivity contribution < 1.29 is 17.9 Å². The molecule has 0 aromatic heterocycles. The highest BCUT2D eigenvalue weighted by Crippen LogP contribution is 2.36. The predicted octanol–water partition coefficient (Wildman–Crippen LogP) is 3.46. The number of rotatable bonds is 4. The Kier molecular flexibility index (Phi) is 4.99. The lowest BCUT2D eigenvalue weighted by atomic mass is 9.96. The average molecular weight is 375 g/mol. The first-order valence-electron chi connectivity index (χ1n) is 8.60. The molecule has 0 radical (unpaired) electrons. The summed E-state index contributed by atoms with van der Waals surface area (Å²) in [5.74, 6) is 1.29. The Morgan fingerprint density at radius 1 is 0.962 bits per heavy atom. The third-order valence-corrected chi connectivity index (χ3v) is 7.08. The summed E-state index contributed by atoms with van der Waals surface area (Å²) in [7, 11) is -0.380. The normalized spacial score (nSPS) is 17.7. The zero-order chi connectivity index (χ0) is 19.1. The zero-order valence-corrected chi connectivity index (χ0v) is 16.7. The van der Waals surface area contributed by atoms with Gasteiger partial charge in [-0.1, -0.05) is 6.07 Å². The molecule has 3 rings (SSSR count). The number of hydrogen-bond acceptors (Lipinski definition) is 4. The molecule has 1 unspecified atom stereocenters. The molecule has 0 N–H and O–H groups in total. The van der Waals surface area contributed by atoms with Crippen LogP contribution in [-0.2, 0) is 23.0 Å². The van der Waals surface area contributed by atoms with Gasteiger partial charge in [-0.05, 0) is 73.7 Å². The van der Waals surface area contributed by atoms with E-state index in [2.05, 4.69) is 0 Å². The van der Waals surface area contributed by atoms with Crippen molar-refractivity contribution in [3.05, 3.63) is 52.6 Å². The van der Waals surface area contributed by atoms with E-state index in [1.165, 1.54) is 0 Å². The van der Waals surface area contributed by atoms with Crippen LogP contribution >= 0.6 is 0 Å². The predicted molar refractivity (Wildman–Crippen MR) is 101 cm³/mol. The Bertz CT molecular complexity index is 937. The molecule has 0 fully saturated rings. The van der Waals surface area contributed by atoms with Gasteiger partial charge in [-0.3, -0.25) is 0 Å². The van der Waals surface area contributed by atoms with E-state index in [1.54, 1.807) is 30.7 Å². The van der Waals surface area contributed by atoms with Crippen molar-refractivity contribution in [2.75, 3.05) is 14.2 Å². The van der Waals surface area contributed by atoms with Gasteiger partial charge in [0.25, 0.3) is 0 Å². The number of aryl methyl sites for hydroxylation is 2. The van der Waals surface area contributed by atoms with Crippen LogP contribution < -0.4 is 9.47 Å². The molecule has 5 nitrogen and oxygen atoms in total. The molecule has 2 aromatic carbocycles. The van der Waals surface area contributed by atoms with Crippen LogP contribution in [-0.4, -0.2) is 33.0 Å². The quantitative estimate of drug-likeness (QED) is 0.821. The van der Waals surface area contributed by atoms with Gasteiger partial charge in [0.05, 0.1) is 19.1 Å². The minimum atomic E-state index is -3.57. The first-order valence-corrected chi connectivity index (χ1v) is 10.0. The molecule has 1 aliphatic heterocycles. The highest BCUT2D eigenvalue weighted by molar-refractivity contribution is 7.89. The second kappa shape index (κ2) is 6.93. The molecule has 6 heteroatoms. The van der Waals surface area contributed by atoms with Gasteiger partial charge < -0.3 is 9.47 Å². The SMILES string of the molecule is COc1cc2c(cc1OC)CN(S(=O)(=O)c1ccc(C)c(C)c1)C(C)C2. The smallest absolute Gasteiger partial charge is 0.243 e. The minimum absolute atomic E-state index is 0.132. The van der Waals surface area contributed by atoms with Crippen molar-refractivity contribution in [3.63, 3.8) is 0 Å². The number of fused-ring (bicyclic) bond motifs is 1. The van der Waals surface area contributed by atoms with Crippen LogP contribution in [0.25, 0.3) is 0 Å². The molecule has 0 aliphatic carbocycles. The van der Waals surface area contributed by atoms with Crippen LogP contribution in [0.3, 0.4) is 0 Å². The number of benzene rings is 2. The Hall–Kier alpha value is -2.05. The fourth-order valence-corrected chi connectivity index (χ4v) is 5.07. The third-order valence-electron chi connectivity index (χ3n) is 5.12. The molecule has 0 bridgehead atoms. The third kappa shape index (κ3) is 3.19. The molecule has 0 spiro atoms. The summed E-state index contributed by atoms with van der Waals surface area (Å²) in [4.78, 5) is 0.344. The standard InChI is InChI=1S/C20H25NO4S/c1-13-6-7-18(8-14(13)2)26(22,23)21-12-17-11-20(25-5)19(24-4)10-16(17)9-15(21)3/h6-8,10-11,15H,9,12H2,1-5H3. The Labute approximate surface area is 155 Å². The highest BCUT2D eigenvalue weighted by atomic mass is 32.2. The van der Waals surface area contributed by atoms with Crippen molar-refractivity contribution in [1.29, 1.82) is 0 Å². The lowest BCUT2D eigenvalue weighted by Crippen LogP contribution is -2.42. The van der Waals surface area contributed by atoms with E-state index in [1.807, 2.05) is 39.0 Å². The maximum absolute atomic E-state index is 13.2. The van der Waals surface area contributed by atoms with Gasteiger partial charge in [0.15, 0.2) is 11.5 Å². The van der Waals surface area contributed by atoms with Gasteiger partial charge in [0, 0.05) is 12.6 Å². The van der Waals surface area contributed by atoms with Crippen LogP contribution in [0, 0.1) is 13.8 Å². The van der Waals surface area contributed by atoms with Gasteiger partial charge >= 0.3 is 0 Å². The number of nitrogens with zero attached hydrogens (tertiary/aromatic N) is 1. The van der Waals surface area contributed by atoms with E-state index in [4.69, 9.17) is 9.47 Å². The molecule has 26 heavy (non-hydrogen) atoms. The Morgan fingerprint density at radius 2 is 1.58 bits per heavy atom. The van der Waals surface area contributed by atoms with Gasteiger partial charge in [0.2, 0.25) is 10.0 Å². The Morgan fingerprint density at radius 3 is 2.15 bits per heavy atom.